The average molecular weight is 314 g/mol. The number of hydrogen-bond donors (Lipinski definition) is 2. The summed E-state index contributed by atoms with van der Waals surface area (Å²) >= 11 is 1.41. The molecule has 1 unspecified atom stereocenters. The van der Waals surface area contributed by atoms with E-state index in [4.69, 9.17) is 5.73 Å². The zero-order valence-electron chi connectivity index (χ0n) is 11.3. The van der Waals surface area contributed by atoms with E-state index < -0.39 is 9.84 Å². The van der Waals surface area contributed by atoms with E-state index in [1.165, 1.54) is 11.8 Å². The number of hydrogen-bond acceptors (Lipinski definition) is 5. The number of rotatable bonds is 4. The number of nitrogen functional groups attached to an aromatic ring is 1. The van der Waals surface area contributed by atoms with Gasteiger partial charge in [0.2, 0.25) is 5.91 Å². The molecular weight excluding hydrogens is 296 g/mol. The van der Waals surface area contributed by atoms with E-state index >= 15 is 0 Å². The topological polar surface area (TPSA) is 89.3 Å². The van der Waals surface area contributed by atoms with Crippen molar-refractivity contribution in [1.29, 1.82) is 0 Å². The summed E-state index contributed by atoms with van der Waals surface area (Å²) in [6.07, 6.45) is 0.510. The highest BCUT2D eigenvalue weighted by molar-refractivity contribution is 8.00. The van der Waals surface area contributed by atoms with E-state index in [1.54, 1.807) is 0 Å². The molecule has 20 heavy (non-hydrogen) atoms. The van der Waals surface area contributed by atoms with Gasteiger partial charge in [0.15, 0.2) is 9.84 Å². The van der Waals surface area contributed by atoms with Gasteiger partial charge in [-0.15, -0.1) is 11.8 Å². The summed E-state index contributed by atoms with van der Waals surface area (Å²) in [5.41, 5.74) is 7.45. The lowest BCUT2D eigenvalue weighted by molar-refractivity contribution is -0.119. The second-order valence-electron chi connectivity index (χ2n) is 4.98. The van der Waals surface area contributed by atoms with E-state index in [-0.39, 0.29) is 29.2 Å². The first kappa shape index (κ1) is 15.2. The summed E-state index contributed by atoms with van der Waals surface area (Å²) < 4.78 is 22.6. The van der Waals surface area contributed by atoms with Crippen LogP contribution < -0.4 is 11.1 Å². The Kier molecular flexibility index (Phi) is 4.59. The van der Waals surface area contributed by atoms with Crippen LogP contribution in [-0.2, 0) is 14.6 Å². The van der Waals surface area contributed by atoms with Gasteiger partial charge in [-0.3, -0.25) is 4.79 Å². The lowest BCUT2D eigenvalue weighted by Crippen LogP contribution is -2.36. The van der Waals surface area contributed by atoms with Gasteiger partial charge in [0.05, 0.1) is 17.3 Å². The third kappa shape index (κ3) is 4.14. The lowest BCUT2D eigenvalue weighted by Gasteiger charge is -2.11. The first-order valence-electron chi connectivity index (χ1n) is 6.34. The fourth-order valence-corrected chi connectivity index (χ4v) is 4.65. The van der Waals surface area contributed by atoms with E-state index in [1.807, 2.05) is 25.1 Å². The highest BCUT2D eigenvalue weighted by atomic mass is 32.2. The van der Waals surface area contributed by atoms with Crippen LogP contribution in [0.15, 0.2) is 23.1 Å². The standard InChI is InChI=1S/C13H18N2O3S2/c1-9-2-3-10(14)6-12(9)19-7-13(16)15-11-4-5-20(17,18)8-11/h2-3,6,11H,4-5,7-8,14H2,1H3,(H,15,16). The van der Waals surface area contributed by atoms with Crippen LogP contribution in [0.2, 0.25) is 0 Å². The average Bonchev–Trinajstić information content (AvgIpc) is 2.70. The van der Waals surface area contributed by atoms with Gasteiger partial charge in [-0.1, -0.05) is 6.07 Å². The van der Waals surface area contributed by atoms with Crippen molar-refractivity contribution < 1.29 is 13.2 Å². The molecule has 2 rings (SSSR count). The van der Waals surface area contributed by atoms with Crippen molar-refractivity contribution in [1.82, 2.24) is 5.32 Å². The van der Waals surface area contributed by atoms with Crippen LogP contribution in [0.1, 0.15) is 12.0 Å². The monoisotopic (exact) mass is 314 g/mol. The minimum absolute atomic E-state index is 0.0563. The first-order chi connectivity index (χ1) is 9.35. The largest absolute Gasteiger partial charge is 0.399 e. The number of benzene rings is 1. The summed E-state index contributed by atoms with van der Waals surface area (Å²) in [4.78, 5) is 12.8. The molecular formula is C13H18N2O3S2. The number of nitrogens with two attached hydrogens (primary N) is 1. The molecule has 0 spiro atoms. The van der Waals surface area contributed by atoms with Crippen LogP contribution in [0.3, 0.4) is 0 Å². The molecule has 1 aromatic carbocycles. The van der Waals surface area contributed by atoms with Crippen molar-refractivity contribution in [3.05, 3.63) is 23.8 Å². The molecule has 1 amide bonds. The fraction of sp³-hybridized carbons (Fsp3) is 0.462. The maximum absolute atomic E-state index is 11.8. The Balaban J connectivity index is 1.85. The Morgan fingerprint density at radius 3 is 2.90 bits per heavy atom. The van der Waals surface area contributed by atoms with Crippen molar-refractivity contribution in [2.24, 2.45) is 0 Å². The van der Waals surface area contributed by atoms with Crippen molar-refractivity contribution in [3.8, 4) is 0 Å². The van der Waals surface area contributed by atoms with Gasteiger partial charge < -0.3 is 11.1 Å². The molecule has 7 heteroatoms. The highest BCUT2D eigenvalue weighted by Crippen LogP contribution is 2.24. The quantitative estimate of drug-likeness (QED) is 0.638. The first-order valence-corrected chi connectivity index (χ1v) is 9.15. The third-order valence-electron chi connectivity index (χ3n) is 3.17. The van der Waals surface area contributed by atoms with Gasteiger partial charge >= 0.3 is 0 Å². The van der Waals surface area contributed by atoms with Crippen molar-refractivity contribution in [3.63, 3.8) is 0 Å². The minimum atomic E-state index is -2.96. The number of anilines is 1. The van der Waals surface area contributed by atoms with Gasteiger partial charge in [-0.05, 0) is 31.0 Å². The minimum Gasteiger partial charge on any atom is -0.399 e. The Morgan fingerprint density at radius 2 is 2.25 bits per heavy atom. The molecule has 0 radical (unpaired) electrons. The van der Waals surface area contributed by atoms with Crippen LogP contribution in [0.4, 0.5) is 5.69 Å². The summed E-state index contributed by atoms with van der Waals surface area (Å²) in [5, 5.41) is 2.77. The van der Waals surface area contributed by atoms with Crippen LogP contribution in [0, 0.1) is 6.92 Å². The molecule has 1 aromatic rings. The summed E-state index contributed by atoms with van der Waals surface area (Å²) in [6, 6.07) is 5.34. The van der Waals surface area contributed by atoms with E-state index in [2.05, 4.69) is 5.32 Å². The predicted molar refractivity (Wildman–Crippen MR) is 81.5 cm³/mol. The van der Waals surface area contributed by atoms with E-state index in [0.717, 1.165) is 10.5 Å². The summed E-state index contributed by atoms with van der Waals surface area (Å²) in [7, 11) is -2.96. The van der Waals surface area contributed by atoms with Crippen LogP contribution in [0.5, 0.6) is 0 Å². The Labute approximate surface area is 123 Å². The summed E-state index contributed by atoms with van der Waals surface area (Å²) in [5.74, 6) is 0.347. The van der Waals surface area contributed by atoms with Gasteiger partial charge in [-0.25, -0.2) is 8.42 Å². The molecule has 1 heterocycles. The predicted octanol–water partition coefficient (Wildman–Crippen LogP) is 0.973. The molecule has 1 aliphatic heterocycles. The number of carbonyl (C=O) groups is 1. The molecule has 3 N–H and O–H groups in total. The number of amides is 1. The molecule has 1 atom stereocenters. The van der Waals surface area contributed by atoms with Gasteiger partial charge in [0.25, 0.3) is 0 Å². The third-order valence-corrected chi connectivity index (χ3v) is 6.09. The van der Waals surface area contributed by atoms with Gasteiger partial charge in [0, 0.05) is 16.6 Å². The van der Waals surface area contributed by atoms with Crippen molar-refractivity contribution in [2.45, 2.75) is 24.3 Å². The van der Waals surface area contributed by atoms with Crippen LogP contribution in [-0.4, -0.2) is 37.6 Å². The Hall–Kier alpha value is -1.21. The molecule has 1 saturated heterocycles. The van der Waals surface area contributed by atoms with Gasteiger partial charge in [-0.2, -0.15) is 0 Å². The maximum Gasteiger partial charge on any atom is 0.230 e. The smallest absolute Gasteiger partial charge is 0.230 e. The number of thioether (sulfide) groups is 1. The zero-order chi connectivity index (χ0) is 14.8. The molecule has 1 fully saturated rings. The molecule has 0 aliphatic carbocycles. The number of sulfone groups is 1. The zero-order valence-corrected chi connectivity index (χ0v) is 12.9. The molecule has 0 aromatic heterocycles. The molecule has 0 bridgehead atoms. The molecule has 0 saturated carbocycles. The van der Waals surface area contributed by atoms with Gasteiger partial charge in [0.1, 0.15) is 0 Å². The number of nitrogens with one attached hydrogen (secondary N) is 1. The van der Waals surface area contributed by atoms with Crippen molar-refractivity contribution >= 4 is 33.2 Å². The maximum atomic E-state index is 11.8. The molecule has 5 nitrogen and oxygen atoms in total. The van der Waals surface area contributed by atoms with E-state index in [0.29, 0.717) is 12.1 Å². The van der Waals surface area contributed by atoms with Crippen molar-refractivity contribution in [2.75, 3.05) is 23.0 Å². The Morgan fingerprint density at radius 1 is 1.50 bits per heavy atom. The normalized spacial score (nSPS) is 20.8. The SMILES string of the molecule is Cc1ccc(N)cc1SCC(=O)NC1CCS(=O)(=O)C1. The molecule has 1 aliphatic rings. The van der Waals surface area contributed by atoms with E-state index in [9.17, 15) is 13.2 Å². The Bertz CT molecular complexity index is 614. The number of aryl methyl sites for hydroxylation is 1. The fourth-order valence-electron chi connectivity index (χ4n) is 2.09. The summed E-state index contributed by atoms with van der Waals surface area (Å²) in [6.45, 7) is 1.96. The second-order valence-corrected chi connectivity index (χ2v) is 8.23. The molecule has 110 valence electrons. The van der Waals surface area contributed by atoms with Crippen LogP contribution in [0.25, 0.3) is 0 Å². The number of carbonyl (C=O) groups excluding carboxylic acids is 1. The van der Waals surface area contributed by atoms with Crippen LogP contribution >= 0.6 is 11.8 Å². The lowest BCUT2D eigenvalue weighted by atomic mass is 10.2. The highest BCUT2D eigenvalue weighted by Gasteiger charge is 2.28. The second kappa shape index (κ2) is 6.05.